The zero-order valence-electron chi connectivity index (χ0n) is 14.5. The predicted molar refractivity (Wildman–Crippen MR) is 95.8 cm³/mol. The molecule has 27 heavy (non-hydrogen) atoms. The second-order valence-electron chi connectivity index (χ2n) is 6.14. The number of benzene rings is 2. The third kappa shape index (κ3) is 3.00. The van der Waals surface area contributed by atoms with Crippen LogP contribution in [0.5, 0.6) is 5.75 Å². The molecule has 0 radical (unpaired) electrons. The van der Waals surface area contributed by atoms with Gasteiger partial charge in [0.25, 0.3) is 5.69 Å². The molecule has 0 saturated heterocycles. The third-order valence-electron chi connectivity index (χ3n) is 4.52. The van der Waals surface area contributed by atoms with Gasteiger partial charge in [-0.3, -0.25) is 10.1 Å². The van der Waals surface area contributed by atoms with E-state index in [1.54, 1.807) is 6.20 Å². The Morgan fingerprint density at radius 1 is 1.33 bits per heavy atom. The fourth-order valence-corrected chi connectivity index (χ4v) is 3.34. The van der Waals surface area contributed by atoms with E-state index in [-0.39, 0.29) is 19.1 Å². The lowest BCUT2D eigenvalue weighted by atomic mass is 10.1. The van der Waals surface area contributed by atoms with Gasteiger partial charge >= 0.3 is 5.97 Å². The molecule has 0 amide bonds. The molecule has 0 saturated carbocycles. The number of ether oxygens (including phenoxy) is 3. The minimum atomic E-state index is -0.438. The molecular formula is C19H16N2O6. The Bertz CT molecular complexity index is 1060. The van der Waals surface area contributed by atoms with Crippen LogP contribution in [0.3, 0.4) is 0 Å². The molecule has 0 spiro atoms. The Balaban J connectivity index is 1.84. The van der Waals surface area contributed by atoms with Crippen molar-refractivity contribution in [2.45, 2.75) is 13.2 Å². The summed E-state index contributed by atoms with van der Waals surface area (Å²) in [5.41, 5.74) is 2.53. The summed E-state index contributed by atoms with van der Waals surface area (Å²) >= 11 is 0. The molecule has 0 fully saturated rings. The van der Waals surface area contributed by atoms with Crippen LogP contribution >= 0.6 is 0 Å². The number of para-hydroxylation sites is 1. The lowest BCUT2D eigenvalue weighted by molar-refractivity contribution is -0.385. The van der Waals surface area contributed by atoms with E-state index in [0.717, 1.165) is 10.9 Å². The molecule has 0 unspecified atom stereocenters. The highest BCUT2D eigenvalue weighted by molar-refractivity contribution is 6.04. The van der Waals surface area contributed by atoms with E-state index in [0.29, 0.717) is 29.0 Å². The van der Waals surface area contributed by atoms with Crippen molar-refractivity contribution in [3.8, 4) is 5.75 Å². The summed E-state index contributed by atoms with van der Waals surface area (Å²) in [7, 11) is 1.33. The molecule has 8 nitrogen and oxygen atoms in total. The van der Waals surface area contributed by atoms with Gasteiger partial charge in [-0.25, -0.2) is 4.79 Å². The van der Waals surface area contributed by atoms with Gasteiger partial charge in [0.15, 0.2) is 6.79 Å². The van der Waals surface area contributed by atoms with E-state index >= 15 is 0 Å². The van der Waals surface area contributed by atoms with Gasteiger partial charge in [0.05, 0.1) is 30.7 Å². The molecule has 0 bridgehead atoms. The molecule has 1 aliphatic heterocycles. The molecule has 0 atom stereocenters. The zero-order chi connectivity index (χ0) is 19.0. The second-order valence-corrected chi connectivity index (χ2v) is 6.14. The number of hydrogen-bond acceptors (Lipinski definition) is 6. The number of methoxy groups -OCH3 is 1. The third-order valence-corrected chi connectivity index (χ3v) is 4.52. The van der Waals surface area contributed by atoms with Crippen molar-refractivity contribution in [3.05, 3.63) is 69.4 Å². The summed E-state index contributed by atoms with van der Waals surface area (Å²) in [5, 5.41) is 12.0. The number of rotatable bonds is 4. The quantitative estimate of drug-likeness (QED) is 0.399. The Kier molecular flexibility index (Phi) is 4.25. The van der Waals surface area contributed by atoms with E-state index in [1.807, 2.05) is 28.8 Å². The molecule has 2 heterocycles. The molecule has 8 heteroatoms. The lowest BCUT2D eigenvalue weighted by Gasteiger charge is -2.21. The zero-order valence-corrected chi connectivity index (χ0v) is 14.5. The van der Waals surface area contributed by atoms with Crippen molar-refractivity contribution in [1.82, 2.24) is 4.57 Å². The topological polar surface area (TPSA) is 92.8 Å². The molecule has 4 rings (SSSR count). The maximum atomic E-state index is 12.1. The maximum Gasteiger partial charge on any atom is 0.340 e. The predicted octanol–water partition coefficient (Wildman–Crippen LogP) is 3.25. The van der Waals surface area contributed by atoms with Crippen LogP contribution in [0, 0.1) is 10.1 Å². The van der Waals surface area contributed by atoms with Crippen LogP contribution in [0.2, 0.25) is 0 Å². The summed E-state index contributed by atoms with van der Waals surface area (Å²) in [5.74, 6) is 0.153. The number of non-ortho nitro benzene ring substituents is 1. The molecule has 1 aliphatic rings. The van der Waals surface area contributed by atoms with Crippen molar-refractivity contribution in [2.75, 3.05) is 13.9 Å². The summed E-state index contributed by atoms with van der Waals surface area (Å²) in [4.78, 5) is 23.0. The summed E-state index contributed by atoms with van der Waals surface area (Å²) in [6.45, 7) is 0.656. The van der Waals surface area contributed by atoms with Crippen molar-refractivity contribution < 1.29 is 23.9 Å². The van der Waals surface area contributed by atoms with Gasteiger partial charge in [-0.2, -0.15) is 0 Å². The highest BCUT2D eigenvalue weighted by atomic mass is 16.7. The Hall–Kier alpha value is -3.39. The first-order chi connectivity index (χ1) is 13.1. The second kappa shape index (κ2) is 6.73. The Morgan fingerprint density at radius 2 is 2.15 bits per heavy atom. The summed E-state index contributed by atoms with van der Waals surface area (Å²) in [6.07, 6.45) is 1.70. The first-order valence-corrected chi connectivity index (χ1v) is 8.25. The number of nitro benzene ring substituents is 1. The van der Waals surface area contributed by atoms with Crippen LogP contribution in [0.25, 0.3) is 10.9 Å². The maximum absolute atomic E-state index is 12.1. The van der Waals surface area contributed by atoms with Gasteiger partial charge in [0, 0.05) is 40.4 Å². The lowest BCUT2D eigenvalue weighted by Crippen LogP contribution is -2.14. The number of aromatic nitrogens is 1. The number of hydrogen-bond donors (Lipinski definition) is 0. The highest BCUT2D eigenvalue weighted by Crippen LogP contribution is 2.34. The van der Waals surface area contributed by atoms with Gasteiger partial charge < -0.3 is 18.8 Å². The van der Waals surface area contributed by atoms with Crippen LogP contribution in [0.15, 0.2) is 42.6 Å². The Morgan fingerprint density at radius 3 is 2.93 bits per heavy atom. The molecule has 2 aromatic carbocycles. The van der Waals surface area contributed by atoms with Crippen molar-refractivity contribution in [1.29, 1.82) is 0 Å². The van der Waals surface area contributed by atoms with E-state index in [4.69, 9.17) is 14.2 Å². The number of carbonyl (C=O) groups excluding carboxylic acids is 1. The number of esters is 1. The molecule has 138 valence electrons. The van der Waals surface area contributed by atoms with Crippen molar-refractivity contribution in [2.24, 2.45) is 0 Å². The Labute approximate surface area is 154 Å². The van der Waals surface area contributed by atoms with E-state index in [1.165, 1.54) is 19.2 Å². The monoisotopic (exact) mass is 368 g/mol. The molecule has 0 aliphatic carbocycles. The SMILES string of the molecule is COC(=O)c1cn(Cc2cc([N+](=O)[O-])cc3c2OCOC3)c2ccccc12. The smallest absolute Gasteiger partial charge is 0.340 e. The van der Waals surface area contributed by atoms with Crippen molar-refractivity contribution in [3.63, 3.8) is 0 Å². The first kappa shape index (κ1) is 17.0. The van der Waals surface area contributed by atoms with Crippen LogP contribution < -0.4 is 4.74 Å². The number of fused-ring (bicyclic) bond motifs is 2. The standard InChI is InChI=1S/C19H16N2O6/c1-25-19(22)16-9-20(17-5-3-2-4-15(16)17)8-12-6-14(21(23)24)7-13-10-26-11-27-18(12)13/h2-7,9H,8,10-11H2,1H3. The number of nitro groups is 1. The fraction of sp³-hybridized carbons (Fsp3) is 0.211. The van der Waals surface area contributed by atoms with Crippen LogP contribution in [-0.4, -0.2) is 29.4 Å². The van der Waals surface area contributed by atoms with E-state index in [9.17, 15) is 14.9 Å². The van der Waals surface area contributed by atoms with Gasteiger partial charge in [-0.1, -0.05) is 18.2 Å². The van der Waals surface area contributed by atoms with Crippen LogP contribution in [0.4, 0.5) is 5.69 Å². The number of nitrogens with zero attached hydrogens (tertiary/aromatic N) is 2. The highest BCUT2D eigenvalue weighted by Gasteiger charge is 2.22. The summed E-state index contributed by atoms with van der Waals surface area (Å²) < 4.78 is 17.6. The normalized spacial score (nSPS) is 13.1. The minimum Gasteiger partial charge on any atom is -0.467 e. The van der Waals surface area contributed by atoms with E-state index < -0.39 is 10.9 Å². The number of carbonyl (C=O) groups is 1. The van der Waals surface area contributed by atoms with Crippen molar-refractivity contribution >= 4 is 22.6 Å². The average Bonchev–Trinajstić information content (AvgIpc) is 3.06. The largest absolute Gasteiger partial charge is 0.467 e. The van der Waals surface area contributed by atoms with Gasteiger partial charge in [0.1, 0.15) is 5.75 Å². The van der Waals surface area contributed by atoms with Crippen LogP contribution in [-0.2, 0) is 22.6 Å². The minimum absolute atomic E-state index is 0.0255. The van der Waals surface area contributed by atoms with E-state index in [2.05, 4.69) is 0 Å². The molecule has 0 N–H and O–H groups in total. The first-order valence-electron chi connectivity index (χ1n) is 8.25. The fourth-order valence-electron chi connectivity index (χ4n) is 3.34. The molecule has 3 aromatic rings. The average molecular weight is 368 g/mol. The van der Waals surface area contributed by atoms with Gasteiger partial charge in [-0.05, 0) is 6.07 Å². The van der Waals surface area contributed by atoms with Crippen LogP contribution in [0.1, 0.15) is 21.5 Å². The van der Waals surface area contributed by atoms with Gasteiger partial charge in [-0.15, -0.1) is 0 Å². The molecule has 1 aromatic heterocycles. The van der Waals surface area contributed by atoms with Gasteiger partial charge in [0.2, 0.25) is 0 Å². The summed E-state index contributed by atoms with van der Waals surface area (Å²) in [6, 6.07) is 10.4. The molecular weight excluding hydrogens is 352 g/mol.